The Morgan fingerprint density at radius 3 is 2.83 bits per heavy atom. The summed E-state index contributed by atoms with van der Waals surface area (Å²) in [6, 6.07) is 0.0425. The lowest BCUT2D eigenvalue weighted by molar-refractivity contribution is -0.119. The molecule has 1 rings (SSSR count). The third-order valence-electron chi connectivity index (χ3n) is 2.49. The molecule has 2 unspecified atom stereocenters. The summed E-state index contributed by atoms with van der Waals surface area (Å²) in [5.41, 5.74) is 10.6. The minimum absolute atomic E-state index is 0.408. The number of carbonyl (C=O) groups is 1. The monoisotopic (exact) mass is 171 g/mol. The smallest absolute Gasteiger partial charge is 0.235 e. The Hall–Kier alpha value is -0.610. The lowest BCUT2D eigenvalue weighted by Gasteiger charge is -2.22. The van der Waals surface area contributed by atoms with Crippen LogP contribution in [0.1, 0.15) is 19.8 Å². The average Bonchev–Trinajstić information content (AvgIpc) is 2.36. The maximum absolute atomic E-state index is 10.7. The molecule has 1 aliphatic heterocycles. The second-order valence-electron chi connectivity index (χ2n) is 3.50. The summed E-state index contributed by atoms with van der Waals surface area (Å²) >= 11 is 0. The first kappa shape index (κ1) is 9.48. The second-order valence-corrected chi connectivity index (χ2v) is 3.50. The highest BCUT2D eigenvalue weighted by Gasteiger charge is 2.23. The number of carbonyl (C=O) groups excluding carboxylic acids is 1. The molecule has 70 valence electrons. The maximum Gasteiger partial charge on any atom is 0.235 e. The highest BCUT2D eigenvalue weighted by Crippen LogP contribution is 2.15. The van der Waals surface area contributed by atoms with E-state index in [1.807, 2.05) is 0 Å². The van der Waals surface area contributed by atoms with Crippen molar-refractivity contribution in [1.82, 2.24) is 4.90 Å². The SMILES string of the molecule is CC1CCCN1CC(N)C(N)=O. The van der Waals surface area contributed by atoms with Gasteiger partial charge in [-0.15, -0.1) is 0 Å². The Morgan fingerprint density at radius 2 is 2.42 bits per heavy atom. The van der Waals surface area contributed by atoms with Crippen LogP contribution in [0.4, 0.5) is 0 Å². The molecule has 0 aromatic rings. The number of hydrogen-bond donors (Lipinski definition) is 2. The van der Waals surface area contributed by atoms with E-state index in [4.69, 9.17) is 11.5 Å². The van der Waals surface area contributed by atoms with Crippen LogP contribution in [0.25, 0.3) is 0 Å². The van der Waals surface area contributed by atoms with Crippen LogP contribution in [0.2, 0.25) is 0 Å². The van der Waals surface area contributed by atoms with Gasteiger partial charge in [0, 0.05) is 12.6 Å². The van der Waals surface area contributed by atoms with E-state index < -0.39 is 11.9 Å². The highest BCUT2D eigenvalue weighted by molar-refractivity contribution is 5.79. The molecule has 1 amide bonds. The van der Waals surface area contributed by atoms with Gasteiger partial charge in [-0.25, -0.2) is 0 Å². The van der Waals surface area contributed by atoms with Crippen LogP contribution in [-0.4, -0.2) is 36.0 Å². The van der Waals surface area contributed by atoms with Crippen molar-refractivity contribution in [2.75, 3.05) is 13.1 Å². The van der Waals surface area contributed by atoms with Crippen LogP contribution in [0.3, 0.4) is 0 Å². The largest absolute Gasteiger partial charge is 0.368 e. The van der Waals surface area contributed by atoms with Gasteiger partial charge in [0.25, 0.3) is 0 Å². The summed E-state index contributed by atoms with van der Waals surface area (Å²) in [7, 11) is 0. The van der Waals surface area contributed by atoms with E-state index in [1.54, 1.807) is 0 Å². The fourth-order valence-corrected chi connectivity index (χ4v) is 1.61. The summed E-state index contributed by atoms with van der Waals surface area (Å²) < 4.78 is 0. The molecule has 2 atom stereocenters. The number of amides is 1. The zero-order valence-corrected chi connectivity index (χ0v) is 7.49. The highest BCUT2D eigenvalue weighted by atomic mass is 16.1. The van der Waals surface area contributed by atoms with Gasteiger partial charge in [0.2, 0.25) is 5.91 Å². The van der Waals surface area contributed by atoms with Crippen LogP contribution < -0.4 is 11.5 Å². The molecule has 0 aliphatic carbocycles. The molecule has 4 N–H and O–H groups in total. The summed E-state index contributed by atoms with van der Waals surface area (Å²) in [6.07, 6.45) is 2.40. The van der Waals surface area contributed by atoms with E-state index in [0.29, 0.717) is 12.6 Å². The molecule has 12 heavy (non-hydrogen) atoms. The quantitative estimate of drug-likeness (QED) is 0.589. The Labute approximate surface area is 72.9 Å². The van der Waals surface area contributed by atoms with Crippen molar-refractivity contribution in [3.63, 3.8) is 0 Å². The molecule has 1 heterocycles. The van der Waals surface area contributed by atoms with E-state index in [-0.39, 0.29) is 0 Å². The number of likely N-dealkylation sites (tertiary alicyclic amines) is 1. The Kier molecular flexibility index (Phi) is 3.05. The summed E-state index contributed by atoms with van der Waals surface area (Å²) in [6.45, 7) is 3.80. The molecule has 0 aromatic heterocycles. The number of rotatable bonds is 3. The molecule has 1 saturated heterocycles. The van der Waals surface area contributed by atoms with Gasteiger partial charge in [0.05, 0.1) is 6.04 Å². The minimum atomic E-state index is -0.509. The summed E-state index contributed by atoms with van der Waals surface area (Å²) in [4.78, 5) is 12.9. The third-order valence-corrected chi connectivity index (χ3v) is 2.49. The standard InChI is InChI=1S/C8H17N3O/c1-6-3-2-4-11(6)5-7(9)8(10)12/h6-7H,2-5,9H2,1H3,(H2,10,12). The first-order chi connectivity index (χ1) is 5.61. The molecule has 0 spiro atoms. The second kappa shape index (κ2) is 3.87. The molecule has 1 aliphatic rings. The van der Waals surface area contributed by atoms with Gasteiger partial charge in [-0.1, -0.05) is 0 Å². The minimum Gasteiger partial charge on any atom is -0.368 e. The maximum atomic E-state index is 10.7. The molecule has 4 nitrogen and oxygen atoms in total. The van der Waals surface area contributed by atoms with Gasteiger partial charge in [0.15, 0.2) is 0 Å². The first-order valence-electron chi connectivity index (χ1n) is 4.40. The van der Waals surface area contributed by atoms with Crippen LogP contribution in [-0.2, 0) is 4.79 Å². The lowest BCUT2D eigenvalue weighted by atomic mass is 10.2. The summed E-state index contributed by atoms with van der Waals surface area (Å²) in [5.74, 6) is -0.408. The van der Waals surface area contributed by atoms with Crippen molar-refractivity contribution in [1.29, 1.82) is 0 Å². The van der Waals surface area contributed by atoms with Crippen LogP contribution in [0.15, 0.2) is 0 Å². The third kappa shape index (κ3) is 2.19. The molecular formula is C8H17N3O. The summed E-state index contributed by atoms with van der Waals surface area (Å²) in [5, 5.41) is 0. The van der Waals surface area contributed by atoms with Crippen molar-refractivity contribution >= 4 is 5.91 Å². The Bertz CT molecular complexity index is 172. The molecule has 0 saturated carbocycles. The van der Waals surface area contributed by atoms with Crippen LogP contribution in [0, 0.1) is 0 Å². The van der Waals surface area contributed by atoms with Crippen molar-refractivity contribution in [2.45, 2.75) is 31.8 Å². The zero-order chi connectivity index (χ0) is 9.14. The van der Waals surface area contributed by atoms with Gasteiger partial charge in [-0.3, -0.25) is 9.69 Å². The molecule has 0 bridgehead atoms. The van der Waals surface area contributed by atoms with Gasteiger partial charge in [0.1, 0.15) is 0 Å². The van der Waals surface area contributed by atoms with E-state index in [1.165, 1.54) is 12.8 Å². The van der Waals surface area contributed by atoms with E-state index in [0.717, 1.165) is 6.54 Å². The van der Waals surface area contributed by atoms with Crippen molar-refractivity contribution in [3.8, 4) is 0 Å². The van der Waals surface area contributed by atoms with Gasteiger partial charge in [-0.05, 0) is 26.3 Å². The molecule has 0 aromatic carbocycles. The molecular weight excluding hydrogens is 154 g/mol. The molecule has 4 heteroatoms. The average molecular weight is 171 g/mol. The Morgan fingerprint density at radius 1 is 1.75 bits per heavy atom. The van der Waals surface area contributed by atoms with Gasteiger partial charge < -0.3 is 11.5 Å². The molecule has 0 radical (unpaired) electrons. The predicted molar refractivity (Wildman–Crippen MR) is 47.4 cm³/mol. The normalized spacial score (nSPS) is 27.3. The van der Waals surface area contributed by atoms with E-state index in [9.17, 15) is 4.79 Å². The topological polar surface area (TPSA) is 72.3 Å². The fraction of sp³-hybridized carbons (Fsp3) is 0.875. The zero-order valence-electron chi connectivity index (χ0n) is 7.49. The first-order valence-corrected chi connectivity index (χ1v) is 4.40. The predicted octanol–water partition coefficient (Wildman–Crippen LogP) is -0.717. The number of hydrogen-bond acceptors (Lipinski definition) is 3. The van der Waals surface area contributed by atoms with E-state index in [2.05, 4.69) is 11.8 Å². The van der Waals surface area contributed by atoms with Crippen LogP contribution in [0.5, 0.6) is 0 Å². The Balaban J connectivity index is 2.35. The number of nitrogens with two attached hydrogens (primary N) is 2. The van der Waals surface area contributed by atoms with Gasteiger partial charge in [-0.2, -0.15) is 0 Å². The lowest BCUT2D eigenvalue weighted by Crippen LogP contribution is -2.46. The fourth-order valence-electron chi connectivity index (χ4n) is 1.61. The molecule has 1 fully saturated rings. The van der Waals surface area contributed by atoms with Crippen molar-refractivity contribution in [2.24, 2.45) is 11.5 Å². The van der Waals surface area contributed by atoms with Crippen molar-refractivity contribution < 1.29 is 4.79 Å². The van der Waals surface area contributed by atoms with Crippen molar-refractivity contribution in [3.05, 3.63) is 0 Å². The number of primary amides is 1. The van der Waals surface area contributed by atoms with Crippen LogP contribution >= 0.6 is 0 Å². The van der Waals surface area contributed by atoms with E-state index >= 15 is 0 Å². The number of nitrogens with zero attached hydrogens (tertiary/aromatic N) is 1. The van der Waals surface area contributed by atoms with Gasteiger partial charge >= 0.3 is 0 Å².